The van der Waals surface area contributed by atoms with Crippen LogP contribution in [0.4, 0.5) is 0 Å². The molecular weight excluding hydrogens is 474 g/mol. The van der Waals surface area contributed by atoms with Crippen molar-refractivity contribution in [2.45, 2.75) is 19.5 Å². The normalized spacial score (nSPS) is 17.1. The van der Waals surface area contributed by atoms with Crippen LogP contribution in [0.25, 0.3) is 5.76 Å². The van der Waals surface area contributed by atoms with E-state index in [2.05, 4.69) is 0 Å². The maximum Gasteiger partial charge on any atom is 0.296 e. The predicted octanol–water partition coefficient (Wildman–Crippen LogP) is 4.89. The van der Waals surface area contributed by atoms with Crippen molar-refractivity contribution in [3.8, 4) is 17.2 Å². The molecule has 0 aliphatic carbocycles. The average molecular weight is 498 g/mol. The summed E-state index contributed by atoms with van der Waals surface area (Å²) in [6.45, 7) is 1.84. The van der Waals surface area contributed by atoms with Gasteiger partial charge in [0, 0.05) is 12.6 Å². The Morgan fingerprint density at radius 3 is 2.40 bits per heavy atom. The fraction of sp³-hybridized carbons (Fsp3) is 0.231. The van der Waals surface area contributed by atoms with Crippen LogP contribution in [-0.4, -0.2) is 43.0 Å². The number of aliphatic hydroxyl groups is 1. The molecule has 1 aliphatic rings. The van der Waals surface area contributed by atoms with Gasteiger partial charge in [0.1, 0.15) is 40.6 Å². The van der Waals surface area contributed by atoms with Gasteiger partial charge in [0.25, 0.3) is 11.7 Å². The lowest BCUT2D eigenvalue weighted by Gasteiger charge is -2.24. The number of carbonyl (C=O) groups excluding carboxylic acids is 2. The van der Waals surface area contributed by atoms with E-state index in [1.54, 1.807) is 44.4 Å². The highest BCUT2D eigenvalue weighted by Gasteiger charge is 2.48. The van der Waals surface area contributed by atoms with Crippen LogP contribution in [0.2, 0.25) is 5.02 Å². The highest BCUT2D eigenvalue weighted by molar-refractivity contribution is 6.46. The molecule has 1 unspecified atom stereocenters. The second-order valence-corrected chi connectivity index (χ2v) is 8.32. The predicted molar refractivity (Wildman–Crippen MR) is 129 cm³/mol. The van der Waals surface area contributed by atoms with Crippen molar-refractivity contribution in [1.29, 1.82) is 0 Å². The van der Waals surface area contributed by atoms with Crippen LogP contribution in [0.15, 0.2) is 58.5 Å². The van der Waals surface area contributed by atoms with Crippen molar-refractivity contribution in [3.05, 3.63) is 81.8 Å². The Hall–Kier alpha value is -3.91. The molecule has 1 saturated heterocycles. The van der Waals surface area contributed by atoms with E-state index >= 15 is 0 Å². The molecule has 2 heterocycles. The van der Waals surface area contributed by atoms with Crippen molar-refractivity contribution in [3.63, 3.8) is 0 Å². The number of halogens is 1. The van der Waals surface area contributed by atoms with Crippen molar-refractivity contribution in [2.75, 3.05) is 21.3 Å². The van der Waals surface area contributed by atoms with E-state index in [9.17, 15) is 14.7 Å². The zero-order chi connectivity index (χ0) is 25.3. The first kappa shape index (κ1) is 24.2. The third kappa shape index (κ3) is 4.44. The number of ether oxygens (including phenoxy) is 3. The SMILES string of the molecule is COc1cccc(CN2C(=O)C(=O)/C(=C(/O)c3cc(OC)c(Cl)cc3OC)C2c2ccc(C)o2)c1. The number of rotatable bonds is 7. The van der Waals surface area contributed by atoms with Crippen LogP contribution in [-0.2, 0) is 16.1 Å². The number of aliphatic hydroxyl groups excluding tert-OH is 1. The maximum atomic E-state index is 13.3. The number of aryl methyl sites for hydroxylation is 1. The van der Waals surface area contributed by atoms with Gasteiger partial charge in [-0.2, -0.15) is 0 Å². The molecule has 35 heavy (non-hydrogen) atoms. The van der Waals surface area contributed by atoms with Crippen LogP contribution in [0.5, 0.6) is 17.2 Å². The van der Waals surface area contributed by atoms with Crippen molar-refractivity contribution < 1.29 is 33.3 Å². The monoisotopic (exact) mass is 497 g/mol. The van der Waals surface area contributed by atoms with E-state index < -0.39 is 23.5 Å². The number of benzene rings is 2. The number of hydrogen-bond acceptors (Lipinski definition) is 7. The molecule has 1 fully saturated rings. The molecular formula is C26H24ClNO7. The number of carbonyl (C=O) groups is 2. The minimum absolute atomic E-state index is 0.0873. The van der Waals surface area contributed by atoms with Gasteiger partial charge in [0.05, 0.1) is 37.5 Å². The molecule has 3 aromatic rings. The zero-order valence-electron chi connectivity index (χ0n) is 19.6. The zero-order valence-corrected chi connectivity index (χ0v) is 20.4. The molecule has 1 aliphatic heterocycles. The first-order valence-electron chi connectivity index (χ1n) is 10.7. The quantitative estimate of drug-likeness (QED) is 0.282. The summed E-state index contributed by atoms with van der Waals surface area (Å²) in [5.74, 6) is -0.0194. The van der Waals surface area contributed by atoms with Crippen LogP contribution in [0.1, 0.15) is 28.7 Å². The lowest BCUT2D eigenvalue weighted by molar-refractivity contribution is -0.140. The van der Waals surface area contributed by atoms with E-state index in [0.29, 0.717) is 17.3 Å². The Balaban J connectivity index is 1.89. The number of ketones is 1. The van der Waals surface area contributed by atoms with Crippen LogP contribution in [0.3, 0.4) is 0 Å². The summed E-state index contributed by atoms with van der Waals surface area (Å²) in [6, 6.07) is 12.5. The van der Waals surface area contributed by atoms with Gasteiger partial charge >= 0.3 is 0 Å². The Bertz CT molecular complexity index is 1330. The fourth-order valence-electron chi connectivity index (χ4n) is 4.10. The second kappa shape index (κ2) is 9.76. The molecule has 8 nitrogen and oxygen atoms in total. The highest BCUT2D eigenvalue weighted by atomic mass is 35.5. The second-order valence-electron chi connectivity index (χ2n) is 7.91. The largest absolute Gasteiger partial charge is 0.507 e. The minimum Gasteiger partial charge on any atom is -0.507 e. The maximum absolute atomic E-state index is 13.3. The molecule has 1 N–H and O–H groups in total. The first-order valence-corrected chi connectivity index (χ1v) is 11.1. The standard InChI is InChI=1S/C26H24ClNO7/c1-14-8-9-19(35-14)23-22(24(29)17-11-21(34-4)18(27)12-20(17)33-3)25(30)26(31)28(23)13-15-6-5-7-16(10-15)32-2/h5-12,23,29H,13H2,1-4H3/b24-22+. The van der Waals surface area contributed by atoms with Gasteiger partial charge in [-0.15, -0.1) is 0 Å². The van der Waals surface area contributed by atoms with Gasteiger partial charge in [-0.3, -0.25) is 9.59 Å². The third-order valence-corrected chi connectivity index (χ3v) is 6.08. The molecule has 0 bridgehead atoms. The summed E-state index contributed by atoms with van der Waals surface area (Å²) < 4.78 is 21.8. The Morgan fingerprint density at radius 1 is 1.03 bits per heavy atom. The topological polar surface area (TPSA) is 98.4 Å². The van der Waals surface area contributed by atoms with Crippen LogP contribution in [0, 0.1) is 6.92 Å². The number of likely N-dealkylation sites (tertiary alicyclic amines) is 1. The number of methoxy groups -OCH3 is 3. The number of furan rings is 1. The molecule has 0 radical (unpaired) electrons. The summed E-state index contributed by atoms with van der Waals surface area (Å²) in [5.41, 5.74) is 0.765. The van der Waals surface area contributed by atoms with Crippen LogP contribution < -0.4 is 14.2 Å². The summed E-state index contributed by atoms with van der Waals surface area (Å²) in [7, 11) is 4.38. The average Bonchev–Trinajstić information content (AvgIpc) is 3.39. The number of amides is 1. The van der Waals surface area contributed by atoms with E-state index in [1.807, 2.05) is 6.07 Å². The van der Waals surface area contributed by atoms with E-state index in [0.717, 1.165) is 5.56 Å². The highest BCUT2D eigenvalue weighted by Crippen LogP contribution is 2.44. The van der Waals surface area contributed by atoms with Gasteiger partial charge in [-0.25, -0.2) is 0 Å². The van der Waals surface area contributed by atoms with Gasteiger partial charge in [0.15, 0.2) is 0 Å². The molecule has 2 aromatic carbocycles. The van der Waals surface area contributed by atoms with Gasteiger partial charge in [-0.05, 0) is 42.8 Å². The third-order valence-electron chi connectivity index (χ3n) is 5.79. The number of Topliss-reactive ketones (excluding diaryl/α,β-unsaturated/α-hetero) is 1. The lowest BCUT2D eigenvalue weighted by atomic mass is 9.98. The first-order chi connectivity index (χ1) is 16.8. The Morgan fingerprint density at radius 2 is 1.77 bits per heavy atom. The molecule has 0 spiro atoms. The van der Waals surface area contributed by atoms with Crippen molar-refractivity contribution in [1.82, 2.24) is 4.90 Å². The lowest BCUT2D eigenvalue weighted by Crippen LogP contribution is -2.29. The fourth-order valence-corrected chi connectivity index (χ4v) is 4.33. The summed E-state index contributed by atoms with van der Waals surface area (Å²) in [6.07, 6.45) is 0. The number of hydrogen-bond donors (Lipinski definition) is 1. The van der Waals surface area contributed by atoms with Gasteiger partial charge in [-0.1, -0.05) is 23.7 Å². The molecule has 1 atom stereocenters. The molecule has 1 aromatic heterocycles. The van der Waals surface area contributed by atoms with E-state index in [-0.39, 0.29) is 34.2 Å². The van der Waals surface area contributed by atoms with E-state index in [4.69, 9.17) is 30.2 Å². The van der Waals surface area contributed by atoms with Gasteiger partial charge in [0.2, 0.25) is 0 Å². The molecule has 4 rings (SSSR count). The Labute approximate surface area is 207 Å². The van der Waals surface area contributed by atoms with Crippen LogP contribution >= 0.6 is 11.6 Å². The number of nitrogens with zero attached hydrogens (tertiary/aromatic N) is 1. The summed E-state index contributed by atoms with van der Waals surface area (Å²) >= 11 is 6.20. The van der Waals surface area contributed by atoms with Crippen molar-refractivity contribution in [2.24, 2.45) is 0 Å². The Kier molecular flexibility index (Phi) is 6.75. The van der Waals surface area contributed by atoms with Crippen molar-refractivity contribution >= 4 is 29.1 Å². The molecule has 182 valence electrons. The summed E-state index contributed by atoms with van der Waals surface area (Å²) in [5, 5.41) is 11.6. The minimum atomic E-state index is -0.971. The summed E-state index contributed by atoms with van der Waals surface area (Å²) in [4.78, 5) is 27.9. The van der Waals surface area contributed by atoms with E-state index in [1.165, 1.54) is 31.3 Å². The molecule has 9 heteroatoms. The molecule has 0 saturated carbocycles. The molecule has 1 amide bonds. The smallest absolute Gasteiger partial charge is 0.296 e. The van der Waals surface area contributed by atoms with Gasteiger partial charge < -0.3 is 28.6 Å².